The van der Waals surface area contributed by atoms with E-state index >= 15 is 0 Å². The summed E-state index contributed by atoms with van der Waals surface area (Å²) in [4.78, 5) is 2.28. The summed E-state index contributed by atoms with van der Waals surface area (Å²) < 4.78 is 12.8. The molecular weight excluding hydrogens is 213 g/mol. The van der Waals surface area contributed by atoms with E-state index in [0.29, 0.717) is 17.7 Å². The Bertz CT molecular complexity index is 325. The first-order chi connectivity index (χ1) is 7.20. The minimum absolute atomic E-state index is 0.174. The highest BCUT2D eigenvalue weighted by Crippen LogP contribution is 2.32. The number of halogens is 2. The van der Waals surface area contributed by atoms with Crippen molar-refractivity contribution in [3.8, 4) is 0 Å². The summed E-state index contributed by atoms with van der Waals surface area (Å²) in [7, 11) is 2.10. The van der Waals surface area contributed by atoms with E-state index < -0.39 is 0 Å². The smallest absolute Gasteiger partial charge is 0.123 e. The molecule has 0 unspecified atom stereocenters. The number of alkyl halides is 1. The molecule has 0 radical (unpaired) electrons. The van der Waals surface area contributed by atoms with E-state index in [0.717, 1.165) is 13.1 Å². The molecule has 0 aliphatic carbocycles. The van der Waals surface area contributed by atoms with Gasteiger partial charge in [0, 0.05) is 24.9 Å². The molecule has 0 saturated carbocycles. The second-order valence-electron chi connectivity index (χ2n) is 4.29. The van der Waals surface area contributed by atoms with Gasteiger partial charge in [0.25, 0.3) is 0 Å². The third-order valence-electron chi connectivity index (χ3n) is 3.12. The number of hydrogen-bond acceptors (Lipinski definition) is 1. The van der Waals surface area contributed by atoms with E-state index in [-0.39, 0.29) is 5.82 Å². The second-order valence-corrected chi connectivity index (χ2v) is 4.60. The van der Waals surface area contributed by atoms with Crippen molar-refractivity contribution in [2.75, 3.05) is 26.0 Å². The van der Waals surface area contributed by atoms with Crippen LogP contribution in [0, 0.1) is 11.7 Å². The van der Waals surface area contributed by atoms with Crippen LogP contribution in [0.2, 0.25) is 0 Å². The zero-order valence-electron chi connectivity index (χ0n) is 8.79. The van der Waals surface area contributed by atoms with Gasteiger partial charge in [-0.2, -0.15) is 0 Å². The van der Waals surface area contributed by atoms with Crippen LogP contribution in [0.25, 0.3) is 0 Å². The van der Waals surface area contributed by atoms with Crippen molar-refractivity contribution in [3.05, 3.63) is 35.6 Å². The Labute approximate surface area is 94.8 Å². The van der Waals surface area contributed by atoms with Crippen LogP contribution in [0.4, 0.5) is 4.39 Å². The SMILES string of the molecule is CN1C[C@@H](CCl)[C@@H](c2ccc(F)cc2)C1. The van der Waals surface area contributed by atoms with Crippen LogP contribution < -0.4 is 0 Å². The number of likely N-dealkylation sites (tertiary alicyclic amines) is 1. The number of hydrogen-bond donors (Lipinski definition) is 0. The molecule has 82 valence electrons. The highest BCUT2D eigenvalue weighted by atomic mass is 35.5. The molecule has 1 saturated heterocycles. The quantitative estimate of drug-likeness (QED) is 0.703. The van der Waals surface area contributed by atoms with Gasteiger partial charge in [-0.3, -0.25) is 0 Å². The normalized spacial score (nSPS) is 27.1. The highest BCUT2D eigenvalue weighted by Gasteiger charge is 2.31. The summed E-state index contributed by atoms with van der Waals surface area (Å²) in [6.45, 7) is 2.05. The van der Waals surface area contributed by atoms with Crippen LogP contribution in [0.3, 0.4) is 0 Å². The van der Waals surface area contributed by atoms with Crippen molar-refractivity contribution in [1.29, 1.82) is 0 Å². The lowest BCUT2D eigenvalue weighted by Gasteiger charge is -2.16. The van der Waals surface area contributed by atoms with Gasteiger partial charge in [-0.1, -0.05) is 12.1 Å². The van der Waals surface area contributed by atoms with Crippen LogP contribution in [-0.2, 0) is 0 Å². The molecule has 1 heterocycles. The van der Waals surface area contributed by atoms with Crippen LogP contribution in [0.5, 0.6) is 0 Å². The maximum atomic E-state index is 12.8. The number of likely N-dealkylation sites (N-methyl/N-ethyl adjacent to an activating group) is 1. The molecule has 15 heavy (non-hydrogen) atoms. The first kappa shape index (κ1) is 10.9. The van der Waals surface area contributed by atoms with E-state index in [1.165, 1.54) is 17.7 Å². The van der Waals surface area contributed by atoms with E-state index in [4.69, 9.17) is 11.6 Å². The molecule has 2 atom stereocenters. The lowest BCUT2D eigenvalue weighted by molar-refractivity contribution is 0.401. The first-order valence-electron chi connectivity index (χ1n) is 5.20. The molecule has 1 fully saturated rings. The van der Waals surface area contributed by atoms with Gasteiger partial charge in [0.15, 0.2) is 0 Å². The lowest BCUT2D eigenvalue weighted by Crippen LogP contribution is -2.14. The average Bonchev–Trinajstić information content (AvgIpc) is 2.61. The largest absolute Gasteiger partial charge is 0.305 e. The Morgan fingerprint density at radius 2 is 2.00 bits per heavy atom. The van der Waals surface area contributed by atoms with Gasteiger partial charge in [-0.15, -0.1) is 11.6 Å². The molecule has 0 spiro atoms. The Hall–Kier alpha value is -0.600. The third-order valence-corrected chi connectivity index (χ3v) is 3.52. The topological polar surface area (TPSA) is 3.24 Å². The maximum absolute atomic E-state index is 12.8. The summed E-state index contributed by atoms with van der Waals surface area (Å²) in [5, 5.41) is 0. The average molecular weight is 228 g/mol. The van der Waals surface area contributed by atoms with Crippen molar-refractivity contribution >= 4 is 11.6 Å². The fraction of sp³-hybridized carbons (Fsp3) is 0.500. The number of rotatable bonds is 2. The molecule has 3 heteroatoms. The molecule has 1 aromatic carbocycles. The molecule has 1 nitrogen and oxygen atoms in total. The summed E-state index contributed by atoms with van der Waals surface area (Å²) in [5.74, 6) is 1.44. The van der Waals surface area contributed by atoms with Crippen molar-refractivity contribution in [2.45, 2.75) is 5.92 Å². The van der Waals surface area contributed by atoms with Crippen molar-refractivity contribution < 1.29 is 4.39 Å². The van der Waals surface area contributed by atoms with Crippen LogP contribution in [-0.4, -0.2) is 30.9 Å². The maximum Gasteiger partial charge on any atom is 0.123 e. The standard InChI is InChI=1S/C12H15ClFN/c1-15-7-10(6-13)12(8-15)9-2-4-11(14)5-3-9/h2-5,10,12H,6-8H2,1H3/t10-,12-/m1/s1. The van der Waals surface area contributed by atoms with Gasteiger partial charge >= 0.3 is 0 Å². The molecule has 0 amide bonds. The van der Waals surface area contributed by atoms with E-state index in [1.807, 2.05) is 12.1 Å². The first-order valence-corrected chi connectivity index (χ1v) is 5.74. The summed E-state index contributed by atoms with van der Waals surface area (Å²) in [6, 6.07) is 6.80. The summed E-state index contributed by atoms with van der Waals surface area (Å²) in [6.07, 6.45) is 0. The van der Waals surface area contributed by atoms with Gasteiger partial charge in [-0.25, -0.2) is 4.39 Å². The molecule has 0 N–H and O–H groups in total. The highest BCUT2D eigenvalue weighted by molar-refractivity contribution is 6.18. The fourth-order valence-electron chi connectivity index (χ4n) is 2.33. The van der Waals surface area contributed by atoms with Crippen LogP contribution in [0.1, 0.15) is 11.5 Å². The summed E-state index contributed by atoms with van der Waals surface area (Å²) in [5.41, 5.74) is 1.20. The van der Waals surface area contributed by atoms with Gasteiger partial charge in [0.1, 0.15) is 5.82 Å². The van der Waals surface area contributed by atoms with E-state index in [2.05, 4.69) is 11.9 Å². The van der Waals surface area contributed by atoms with Crippen LogP contribution in [0.15, 0.2) is 24.3 Å². The fourth-order valence-corrected chi connectivity index (χ4v) is 2.64. The van der Waals surface area contributed by atoms with E-state index in [9.17, 15) is 4.39 Å². The number of benzene rings is 1. The second kappa shape index (κ2) is 4.50. The van der Waals surface area contributed by atoms with Gasteiger partial charge in [-0.05, 0) is 30.7 Å². The molecule has 1 aliphatic heterocycles. The van der Waals surface area contributed by atoms with Gasteiger partial charge < -0.3 is 4.90 Å². The molecule has 1 aromatic rings. The molecular formula is C12H15ClFN. The Kier molecular flexibility index (Phi) is 3.27. The zero-order valence-corrected chi connectivity index (χ0v) is 9.54. The predicted molar refractivity (Wildman–Crippen MR) is 60.8 cm³/mol. The third kappa shape index (κ3) is 2.32. The van der Waals surface area contributed by atoms with E-state index in [1.54, 1.807) is 0 Å². The van der Waals surface area contributed by atoms with Crippen LogP contribution >= 0.6 is 11.6 Å². The molecule has 0 aromatic heterocycles. The molecule has 1 aliphatic rings. The van der Waals surface area contributed by atoms with Crippen molar-refractivity contribution in [2.24, 2.45) is 5.92 Å². The lowest BCUT2D eigenvalue weighted by atomic mass is 9.90. The summed E-state index contributed by atoms with van der Waals surface area (Å²) >= 11 is 5.95. The van der Waals surface area contributed by atoms with Gasteiger partial charge in [0.2, 0.25) is 0 Å². The Balaban J connectivity index is 2.19. The zero-order chi connectivity index (χ0) is 10.8. The molecule has 0 bridgehead atoms. The minimum Gasteiger partial charge on any atom is -0.305 e. The Morgan fingerprint density at radius 3 is 2.60 bits per heavy atom. The van der Waals surface area contributed by atoms with Crippen molar-refractivity contribution in [3.63, 3.8) is 0 Å². The molecule has 2 rings (SSSR count). The predicted octanol–water partition coefficient (Wildman–Crippen LogP) is 2.71. The van der Waals surface area contributed by atoms with Crippen molar-refractivity contribution in [1.82, 2.24) is 4.90 Å². The van der Waals surface area contributed by atoms with Gasteiger partial charge in [0.05, 0.1) is 0 Å². The minimum atomic E-state index is -0.174. The Morgan fingerprint density at radius 1 is 1.33 bits per heavy atom. The number of nitrogens with zero attached hydrogens (tertiary/aromatic N) is 1. The monoisotopic (exact) mass is 227 g/mol.